The standard InChI is InChI=1S/C17H18F2N2O2/c18-11-8-12-14(3-4-20-17(12)13(19)9-11)21-5-7-23-16(10-21)15-2-1-6-22-15/h3-4,8-9,15-16H,1-2,5-7,10H2. The Hall–Kier alpha value is -1.79. The van der Waals surface area contributed by atoms with E-state index >= 15 is 0 Å². The van der Waals surface area contributed by atoms with Gasteiger partial charge in [0, 0.05) is 43.0 Å². The van der Waals surface area contributed by atoms with Gasteiger partial charge in [0.25, 0.3) is 0 Å². The summed E-state index contributed by atoms with van der Waals surface area (Å²) < 4.78 is 39.1. The van der Waals surface area contributed by atoms with Gasteiger partial charge in [0.1, 0.15) is 17.4 Å². The van der Waals surface area contributed by atoms with E-state index in [0.717, 1.165) is 31.2 Å². The minimum Gasteiger partial charge on any atom is -0.375 e. The number of nitrogens with zero attached hydrogens (tertiary/aromatic N) is 2. The van der Waals surface area contributed by atoms with E-state index in [9.17, 15) is 8.78 Å². The third-order valence-corrected chi connectivity index (χ3v) is 4.55. The van der Waals surface area contributed by atoms with Crippen molar-refractivity contribution < 1.29 is 18.3 Å². The Labute approximate surface area is 133 Å². The number of benzene rings is 1. The molecular formula is C17H18F2N2O2. The molecule has 6 heteroatoms. The van der Waals surface area contributed by atoms with Crippen LogP contribution in [0.5, 0.6) is 0 Å². The SMILES string of the molecule is Fc1cc(F)c2nccc(N3CCOC(C4CCCO4)C3)c2c1. The molecule has 0 bridgehead atoms. The monoisotopic (exact) mass is 320 g/mol. The zero-order valence-corrected chi connectivity index (χ0v) is 12.7. The Morgan fingerprint density at radius 3 is 2.83 bits per heavy atom. The Morgan fingerprint density at radius 1 is 1.13 bits per heavy atom. The van der Waals surface area contributed by atoms with Crippen LogP contribution < -0.4 is 4.90 Å². The molecule has 2 aliphatic rings. The van der Waals surface area contributed by atoms with Crippen LogP contribution in [0.4, 0.5) is 14.5 Å². The molecule has 0 spiro atoms. The summed E-state index contributed by atoms with van der Waals surface area (Å²) in [5, 5.41) is 0.498. The molecule has 1 aromatic heterocycles. The van der Waals surface area contributed by atoms with Gasteiger partial charge < -0.3 is 14.4 Å². The van der Waals surface area contributed by atoms with Gasteiger partial charge in [-0.2, -0.15) is 0 Å². The van der Waals surface area contributed by atoms with Crippen molar-refractivity contribution in [3.8, 4) is 0 Å². The quantitative estimate of drug-likeness (QED) is 0.852. The Bertz CT molecular complexity index is 719. The van der Waals surface area contributed by atoms with E-state index in [2.05, 4.69) is 9.88 Å². The van der Waals surface area contributed by atoms with Crippen LogP contribution in [-0.4, -0.2) is 43.5 Å². The Morgan fingerprint density at radius 2 is 2.00 bits per heavy atom. The van der Waals surface area contributed by atoms with Gasteiger partial charge >= 0.3 is 0 Å². The summed E-state index contributed by atoms with van der Waals surface area (Å²) in [6, 6.07) is 4.02. The van der Waals surface area contributed by atoms with E-state index in [1.165, 1.54) is 6.07 Å². The first-order valence-corrected chi connectivity index (χ1v) is 7.94. The summed E-state index contributed by atoms with van der Waals surface area (Å²) in [5.74, 6) is -1.22. The summed E-state index contributed by atoms with van der Waals surface area (Å²) in [6.45, 7) is 2.69. The highest BCUT2D eigenvalue weighted by atomic mass is 19.1. The van der Waals surface area contributed by atoms with Crippen LogP contribution >= 0.6 is 0 Å². The number of hydrogen-bond donors (Lipinski definition) is 0. The van der Waals surface area contributed by atoms with Gasteiger partial charge in [0.05, 0.1) is 12.7 Å². The molecule has 2 unspecified atom stereocenters. The van der Waals surface area contributed by atoms with Crippen molar-refractivity contribution in [1.82, 2.24) is 4.98 Å². The highest BCUT2D eigenvalue weighted by molar-refractivity contribution is 5.92. The van der Waals surface area contributed by atoms with E-state index in [-0.39, 0.29) is 17.7 Å². The van der Waals surface area contributed by atoms with E-state index in [1.54, 1.807) is 12.3 Å². The molecule has 0 aliphatic carbocycles. The lowest BCUT2D eigenvalue weighted by atomic mass is 10.1. The van der Waals surface area contributed by atoms with Crippen molar-refractivity contribution in [3.05, 3.63) is 36.0 Å². The van der Waals surface area contributed by atoms with Crippen LogP contribution in [-0.2, 0) is 9.47 Å². The first kappa shape index (κ1) is 14.8. The summed E-state index contributed by atoms with van der Waals surface area (Å²) >= 11 is 0. The lowest BCUT2D eigenvalue weighted by Gasteiger charge is -2.37. The van der Waals surface area contributed by atoms with Crippen molar-refractivity contribution in [2.24, 2.45) is 0 Å². The summed E-state index contributed by atoms with van der Waals surface area (Å²) in [4.78, 5) is 6.16. The number of halogens is 2. The van der Waals surface area contributed by atoms with E-state index in [1.807, 2.05) is 0 Å². The number of hydrogen-bond acceptors (Lipinski definition) is 4. The third-order valence-electron chi connectivity index (χ3n) is 4.55. The first-order chi connectivity index (χ1) is 11.2. The molecular weight excluding hydrogens is 302 g/mol. The zero-order valence-electron chi connectivity index (χ0n) is 12.7. The van der Waals surface area contributed by atoms with Gasteiger partial charge in [-0.15, -0.1) is 0 Å². The average Bonchev–Trinajstić information content (AvgIpc) is 3.09. The fourth-order valence-corrected chi connectivity index (χ4v) is 3.46. The molecule has 3 heterocycles. The number of pyridine rings is 1. The van der Waals surface area contributed by atoms with Crippen molar-refractivity contribution in [2.75, 3.05) is 31.2 Å². The molecule has 2 fully saturated rings. The number of rotatable bonds is 2. The second-order valence-corrected chi connectivity index (χ2v) is 6.02. The minimum absolute atomic E-state index is 0.00660. The second-order valence-electron chi connectivity index (χ2n) is 6.02. The molecule has 2 saturated heterocycles. The third kappa shape index (κ3) is 2.77. The topological polar surface area (TPSA) is 34.6 Å². The van der Waals surface area contributed by atoms with Gasteiger partial charge in [-0.3, -0.25) is 4.98 Å². The number of ether oxygens (including phenoxy) is 2. The van der Waals surface area contributed by atoms with Crippen molar-refractivity contribution in [2.45, 2.75) is 25.0 Å². The molecule has 0 amide bonds. The van der Waals surface area contributed by atoms with E-state index < -0.39 is 11.6 Å². The van der Waals surface area contributed by atoms with Crippen LogP contribution in [0.1, 0.15) is 12.8 Å². The normalized spacial score (nSPS) is 25.2. The Kier molecular flexibility index (Phi) is 3.87. The summed E-state index contributed by atoms with van der Waals surface area (Å²) in [5.41, 5.74) is 0.990. The lowest BCUT2D eigenvalue weighted by molar-refractivity contribution is -0.0542. The maximum absolute atomic E-state index is 14.0. The molecule has 2 aliphatic heterocycles. The molecule has 2 aromatic rings. The van der Waals surface area contributed by atoms with Gasteiger partial charge in [-0.05, 0) is 25.0 Å². The smallest absolute Gasteiger partial charge is 0.152 e. The fourth-order valence-electron chi connectivity index (χ4n) is 3.46. The molecule has 4 rings (SSSR count). The zero-order chi connectivity index (χ0) is 15.8. The highest BCUT2D eigenvalue weighted by Gasteiger charge is 2.31. The van der Waals surface area contributed by atoms with Crippen LogP contribution in [0.25, 0.3) is 10.9 Å². The summed E-state index contributed by atoms with van der Waals surface area (Å²) in [7, 11) is 0. The number of fused-ring (bicyclic) bond motifs is 1. The largest absolute Gasteiger partial charge is 0.375 e. The average molecular weight is 320 g/mol. The van der Waals surface area contributed by atoms with Gasteiger partial charge in [-0.1, -0.05) is 0 Å². The van der Waals surface area contributed by atoms with Crippen LogP contribution in [0.3, 0.4) is 0 Å². The van der Waals surface area contributed by atoms with Crippen LogP contribution in [0, 0.1) is 11.6 Å². The van der Waals surface area contributed by atoms with Crippen molar-refractivity contribution in [3.63, 3.8) is 0 Å². The molecule has 0 N–H and O–H groups in total. The fraction of sp³-hybridized carbons (Fsp3) is 0.471. The molecule has 0 saturated carbocycles. The van der Waals surface area contributed by atoms with Gasteiger partial charge in [-0.25, -0.2) is 8.78 Å². The summed E-state index contributed by atoms with van der Waals surface area (Å²) in [6.07, 6.45) is 3.72. The number of morpholine rings is 1. The van der Waals surface area contributed by atoms with Gasteiger partial charge in [0.2, 0.25) is 0 Å². The molecule has 0 radical (unpaired) electrons. The first-order valence-electron chi connectivity index (χ1n) is 7.94. The lowest BCUT2D eigenvalue weighted by Crippen LogP contribution is -2.47. The van der Waals surface area contributed by atoms with E-state index in [0.29, 0.717) is 25.1 Å². The molecule has 4 nitrogen and oxygen atoms in total. The predicted molar refractivity (Wildman–Crippen MR) is 82.6 cm³/mol. The van der Waals surface area contributed by atoms with Gasteiger partial charge in [0.15, 0.2) is 5.82 Å². The molecule has 1 aromatic carbocycles. The highest BCUT2D eigenvalue weighted by Crippen LogP contribution is 2.30. The maximum atomic E-state index is 14.0. The molecule has 122 valence electrons. The van der Waals surface area contributed by atoms with Crippen molar-refractivity contribution in [1.29, 1.82) is 0 Å². The van der Waals surface area contributed by atoms with E-state index in [4.69, 9.17) is 9.47 Å². The van der Waals surface area contributed by atoms with Crippen LogP contribution in [0.15, 0.2) is 24.4 Å². The number of aromatic nitrogens is 1. The molecule has 23 heavy (non-hydrogen) atoms. The van der Waals surface area contributed by atoms with Crippen LogP contribution in [0.2, 0.25) is 0 Å². The predicted octanol–water partition coefficient (Wildman–Crippen LogP) is 2.90. The number of anilines is 1. The van der Waals surface area contributed by atoms with Crippen molar-refractivity contribution >= 4 is 16.6 Å². The second kappa shape index (κ2) is 6.02. The minimum atomic E-state index is -0.634. The maximum Gasteiger partial charge on any atom is 0.152 e. The Balaban J connectivity index is 1.68. The molecule has 2 atom stereocenters.